The third-order valence-electron chi connectivity index (χ3n) is 10.1. The number of nitrogens with two attached hydrogens (primary N) is 4. The number of amides is 9. The zero-order chi connectivity index (χ0) is 54.2. The van der Waals surface area contributed by atoms with Crippen LogP contribution in [0.5, 0.6) is 0 Å². The molecule has 1 aliphatic rings. The van der Waals surface area contributed by atoms with E-state index in [2.05, 4.69) is 47.5 Å². The predicted octanol–water partition coefficient (Wildman–Crippen LogP) is -2.38. The number of primary amides is 1. The molecule has 7 atom stereocenters. The molecule has 0 aromatic heterocycles. The van der Waals surface area contributed by atoms with Gasteiger partial charge in [-0.25, -0.2) is 0 Å². The smallest absolute Gasteiger partial charge is 0.370 e. The number of unbranched alkanes of at least 4 members (excludes halogenated alkanes) is 1. The molecule has 1 aromatic carbocycles. The lowest BCUT2D eigenvalue weighted by atomic mass is 10.0. The average molecular weight is 1070 g/mol. The van der Waals surface area contributed by atoms with Crippen molar-refractivity contribution in [3.05, 3.63) is 35.9 Å². The molecule has 1 aliphatic heterocycles. The number of carboxylic acid groups (broad SMARTS) is 1. The van der Waals surface area contributed by atoms with E-state index in [0.29, 0.717) is 30.2 Å². The molecule has 72 heavy (non-hydrogen) atoms. The number of hydrogen-bond donors (Lipinski definition) is 13. The minimum atomic E-state index is -1.72. The number of benzene rings is 1. The first-order valence-electron chi connectivity index (χ1n) is 23.3. The number of guanidine groups is 1. The van der Waals surface area contributed by atoms with Crippen molar-refractivity contribution in [2.75, 3.05) is 36.9 Å². The van der Waals surface area contributed by atoms with Gasteiger partial charge < -0.3 is 75.4 Å². The fourth-order valence-corrected chi connectivity index (χ4v) is 9.03. The quantitative estimate of drug-likeness (QED) is 0.0335. The van der Waals surface area contributed by atoms with Crippen LogP contribution in [0.15, 0.2) is 35.3 Å². The normalized spacial score (nSPS) is 23.1. The molecule has 0 aliphatic carbocycles. The summed E-state index contributed by atoms with van der Waals surface area (Å²) in [7, 11) is 0. The molecule has 1 aromatic rings. The van der Waals surface area contributed by atoms with E-state index in [1.54, 1.807) is 30.3 Å². The highest BCUT2D eigenvalue weighted by Gasteiger charge is 2.36. The highest BCUT2D eigenvalue weighted by molar-refractivity contribution is 8.01. The van der Waals surface area contributed by atoms with Crippen LogP contribution in [0.1, 0.15) is 85.6 Å². The van der Waals surface area contributed by atoms with E-state index in [1.807, 2.05) is 41.5 Å². The van der Waals surface area contributed by atoms with Gasteiger partial charge in [-0.2, -0.15) is 23.5 Å². The summed E-state index contributed by atoms with van der Waals surface area (Å²) in [5.74, 6) is -10.0. The molecule has 2 rings (SSSR count). The fourth-order valence-electron chi connectivity index (χ4n) is 6.46. The highest BCUT2D eigenvalue weighted by atomic mass is 32.2. The van der Waals surface area contributed by atoms with Gasteiger partial charge in [-0.1, -0.05) is 71.9 Å². The van der Waals surface area contributed by atoms with E-state index >= 15 is 0 Å². The Bertz CT molecular complexity index is 2070. The molecule has 1 heterocycles. The summed E-state index contributed by atoms with van der Waals surface area (Å²) in [4.78, 5) is 138. The van der Waals surface area contributed by atoms with Crippen LogP contribution in [0.4, 0.5) is 0 Å². The number of aliphatic carboxylic acids is 1. The largest absolute Gasteiger partial charge is 0.483 e. The number of nitrogens with zero attached hydrogens (tertiary/aromatic N) is 1. The van der Waals surface area contributed by atoms with Crippen LogP contribution in [0, 0.1) is 0 Å². The maximum absolute atomic E-state index is 14.2. The first kappa shape index (κ1) is 62.3. The van der Waals surface area contributed by atoms with Gasteiger partial charge in [0.15, 0.2) is 11.3 Å². The van der Waals surface area contributed by atoms with Crippen LogP contribution >= 0.6 is 35.3 Å². The van der Waals surface area contributed by atoms with Crippen LogP contribution in [-0.4, -0.2) is 163 Å². The number of carbonyl (C=O) groups excluding carboxylic acids is 9. The topological polar surface area (TPSA) is 408 Å². The number of aliphatic imine (C=N–C) groups is 1. The number of nitrogens with one attached hydrogen (secondary N) is 8. The summed E-state index contributed by atoms with van der Waals surface area (Å²) in [6.45, 7) is 10.8. The lowest BCUT2D eigenvalue weighted by Gasteiger charge is -2.28. The fraction of sp³-hybridized carbons (Fsp3) is 0.622. The van der Waals surface area contributed by atoms with Gasteiger partial charge in [0.25, 0.3) is 5.91 Å². The van der Waals surface area contributed by atoms with E-state index in [4.69, 9.17) is 22.9 Å². The maximum atomic E-state index is 14.2. The van der Waals surface area contributed by atoms with Gasteiger partial charge in [-0.15, -0.1) is 11.8 Å². The zero-order valence-electron chi connectivity index (χ0n) is 41.7. The molecule has 27 heteroatoms. The summed E-state index contributed by atoms with van der Waals surface area (Å²) in [5, 5.41) is 28.8. The zero-order valence-corrected chi connectivity index (χ0v) is 44.1. The Hall–Kier alpha value is -5.80. The molecule has 0 saturated carbocycles. The summed E-state index contributed by atoms with van der Waals surface area (Å²) < 4.78 is -0.879. The van der Waals surface area contributed by atoms with Crippen molar-refractivity contribution in [2.45, 2.75) is 138 Å². The van der Waals surface area contributed by atoms with E-state index in [-0.39, 0.29) is 56.2 Å². The molecule has 0 radical (unpaired) electrons. The van der Waals surface area contributed by atoms with Gasteiger partial charge in [0, 0.05) is 34.0 Å². The summed E-state index contributed by atoms with van der Waals surface area (Å²) >= 11 is 3.22. The minimum Gasteiger partial charge on any atom is -0.370 e. The van der Waals surface area contributed by atoms with E-state index < -0.39 is 129 Å². The van der Waals surface area contributed by atoms with E-state index in [0.717, 1.165) is 0 Å². The Labute approximate surface area is 432 Å². The van der Waals surface area contributed by atoms with Gasteiger partial charge in [0.2, 0.25) is 47.3 Å². The Balaban J connectivity index is 2.74. The molecule has 402 valence electrons. The standard InChI is InChI=1S/C45H73N13O11S3/c1-44(2,3)71-22-30-40(68)54-26(16-12-18-50-43(48)49)36(64)51-21-32(59)53-29(20-34(61)62)38(66)57-31(23-72-45(4,5)6)41(69)55-28(19-25-13-8-7-9-14-25)39(67)58-42(35(47)63)70-24-33(60)52-27(37(65)56-30)15-10-11-17-46/h7-9,13-14,26-31,42H,10-12,15-24,46H2,1-6H3,(H2,47,63)(H,51,64)(H,52,60)(H,53,59)(H,54,68)(H,55,69)(H,56,65)(H,57,66)(H,58,67)(H,61,62)(H4,48,49,50)/p+1/t26-,27-,28-,29-,30-,31?,42-/m0/s1. The van der Waals surface area contributed by atoms with Crippen molar-refractivity contribution in [2.24, 2.45) is 27.9 Å². The van der Waals surface area contributed by atoms with Crippen molar-refractivity contribution in [3.63, 3.8) is 0 Å². The van der Waals surface area contributed by atoms with Crippen LogP contribution in [-0.2, 0) is 49.6 Å². The molecule has 0 bridgehead atoms. The van der Waals surface area contributed by atoms with E-state index in [9.17, 15) is 53.1 Å². The van der Waals surface area contributed by atoms with Gasteiger partial charge in [-0.05, 0) is 44.2 Å². The predicted molar refractivity (Wildman–Crippen MR) is 280 cm³/mol. The Kier molecular flexibility index (Phi) is 26.8. The molecule has 0 spiro atoms. The second kappa shape index (κ2) is 30.9. The van der Waals surface area contributed by atoms with Crippen molar-refractivity contribution in [1.82, 2.24) is 42.5 Å². The molecular weight excluding hydrogens is 995 g/mol. The molecule has 1 unspecified atom stereocenters. The van der Waals surface area contributed by atoms with Gasteiger partial charge in [0.05, 0.1) is 12.3 Å². The lowest BCUT2D eigenvalue weighted by Crippen LogP contribution is -2.60. The molecule has 1 saturated heterocycles. The Morgan fingerprint density at radius 2 is 1.15 bits per heavy atom. The molecule has 24 nitrogen and oxygen atoms in total. The maximum Gasteiger partial charge on any atom is 0.483 e. The number of carbonyl (C=O) groups is 9. The van der Waals surface area contributed by atoms with Gasteiger partial charge >= 0.3 is 5.97 Å². The van der Waals surface area contributed by atoms with Gasteiger partial charge in [0.1, 0.15) is 42.7 Å². The minimum absolute atomic E-state index is 0.00473. The number of aliphatic hydroxyl groups excluding tert-OH is 1. The second-order valence-electron chi connectivity index (χ2n) is 18.7. The van der Waals surface area contributed by atoms with E-state index in [1.165, 1.54) is 23.5 Å². The van der Waals surface area contributed by atoms with Crippen molar-refractivity contribution in [3.8, 4) is 0 Å². The number of hydrogen-bond acceptors (Lipinski definition) is 14. The third-order valence-corrected chi connectivity index (χ3v) is 13.9. The monoisotopic (exact) mass is 1070 g/mol. The van der Waals surface area contributed by atoms with Crippen LogP contribution in [0.2, 0.25) is 0 Å². The van der Waals surface area contributed by atoms with Gasteiger partial charge in [-0.3, -0.25) is 48.1 Å². The summed E-state index contributed by atoms with van der Waals surface area (Å²) in [6, 6.07) is 0.129. The first-order chi connectivity index (χ1) is 33.7. The third kappa shape index (κ3) is 25.5. The van der Waals surface area contributed by atoms with Crippen LogP contribution < -0.4 is 65.5 Å². The number of thioether (sulfide) groups is 3. The molecule has 18 N–H and O–H groups in total. The lowest BCUT2D eigenvalue weighted by molar-refractivity contribution is -0.134. The highest BCUT2D eigenvalue weighted by Crippen LogP contribution is 2.25. The Morgan fingerprint density at radius 1 is 0.667 bits per heavy atom. The molecule has 1 fully saturated rings. The van der Waals surface area contributed by atoms with Crippen molar-refractivity contribution < 1.29 is 53.1 Å². The molecular formula is C45H74N13O11S3+. The second-order valence-corrected chi connectivity index (χ2v) is 23.5. The van der Waals surface area contributed by atoms with Crippen LogP contribution in [0.3, 0.4) is 0 Å². The summed E-state index contributed by atoms with van der Waals surface area (Å²) in [6.07, 6.45) is 0.0841. The van der Waals surface area contributed by atoms with Crippen LogP contribution in [0.25, 0.3) is 0 Å². The first-order valence-corrected chi connectivity index (χ1v) is 26.3. The number of rotatable bonds is 17. The average Bonchev–Trinajstić information content (AvgIpc) is 3.28. The SMILES string of the molecule is CC(C)(C)SCC1NC(=O)[C@H](CC(O)=[OH+])NC(=O)CNC(=O)[C@H](CCCN=C(N)N)NC(=O)[C@H](CSC(C)(C)C)NC(=O)[C@H](CCCCN)NC(=O)CS[C@@H](C(N)=O)NC(=O)[C@H](Cc2ccccc2)NC1=O. The summed E-state index contributed by atoms with van der Waals surface area (Å²) in [5.41, 5.74) is 23.0. The van der Waals surface area contributed by atoms with Crippen molar-refractivity contribution in [1.29, 1.82) is 0 Å². The Morgan fingerprint density at radius 3 is 1.68 bits per heavy atom. The van der Waals surface area contributed by atoms with Crippen molar-refractivity contribution >= 4 is 100 Å². The number of carboxylic acids is 1. The molecule has 9 amide bonds.